The molecular weight excluding hydrogens is 252 g/mol. The molecule has 0 bridgehead atoms. The summed E-state index contributed by atoms with van der Waals surface area (Å²) in [7, 11) is 2.08. The molecule has 0 amide bonds. The van der Waals surface area contributed by atoms with Gasteiger partial charge >= 0.3 is 0 Å². The fourth-order valence-electron chi connectivity index (χ4n) is 2.38. The van der Waals surface area contributed by atoms with Gasteiger partial charge in [-0.05, 0) is 39.1 Å². The molecule has 3 aromatic rings. The number of nitrogens with zero attached hydrogens (tertiary/aromatic N) is 4. The number of aromatic nitrogens is 3. The van der Waals surface area contributed by atoms with E-state index in [-0.39, 0.29) is 0 Å². The fourth-order valence-corrected chi connectivity index (χ4v) is 2.38. The van der Waals surface area contributed by atoms with E-state index in [1.807, 2.05) is 42.6 Å². The molecule has 0 atom stereocenters. The lowest BCUT2D eigenvalue weighted by molar-refractivity contribution is 0.281. The van der Waals surface area contributed by atoms with E-state index in [2.05, 4.69) is 21.9 Å². The lowest BCUT2D eigenvalue weighted by atomic mass is 10.3. The number of aryl methyl sites for hydroxylation is 2. The predicted octanol–water partition coefficient (Wildman–Crippen LogP) is 2.57. The molecule has 0 N–H and O–H groups in total. The topological polar surface area (TPSA) is 46.6 Å². The molecule has 0 aliphatic heterocycles. The van der Waals surface area contributed by atoms with Crippen molar-refractivity contribution in [2.75, 3.05) is 7.05 Å². The Balaban J connectivity index is 1.80. The second kappa shape index (κ2) is 5.09. The number of hydrogen-bond acceptors (Lipinski definition) is 4. The zero-order valence-corrected chi connectivity index (χ0v) is 12.0. The molecular formula is C15H18N4O. The third-order valence-corrected chi connectivity index (χ3v) is 3.34. The molecule has 5 nitrogen and oxygen atoms in total. The highest BCUT2D eigenvalue weighted by Gasteiger charge is 2.12. The van der Waals surface area contributed by atoms with Crippen molar-refractivity contribution in [3.05, 3.63) is 53.5 Å². The Labute approximate surface area is 117 Å². The van der Waals surface area contributed by atoms with Crippen molar-refractivity contribution in [2.24, 2.45) is 0 Å². The van der Waals surface area contributed by atoms with E-state index >= 15 is 0 Å². The Morgan fingerprint density at radius 1 is 1.25 bits per heavy atom. The molecule has 0 aliphatic rings. The molecule has 3 aromatic heterocycles. The molecule has 0 spiro atoms. The van der Waals surface area contributed by atoms with E-state index in [1.165, 1.54) is 5.69 Å². The van der Waals surface area contributed by atoms with Crippen LogP contribution in [-0.2, 0) is 13.1 Å². The first-order chi connectivity index (χ1) is 9.63. The standard InChI is InChI=1S/C15H18N4O/c1-11-5-6-13(20-11)9-18(3)10-14-12(2)17-15-16-7-4-8-19(14)15/h4-8H,9-10H2,1-3H3. The lowest BCUT2D eigenvalue weighted by Gasteiger charge is -2.15. The Kier molecular flexibility index (Phi) is 3.28. The first kappa shape index (κ1) is 12.9. The lowest BCUT2D eigenvalue weighted by Crippen LogP contribution is -2.18. The largest absolute Gasteiger partial charge is 0.465 e. The summed E-state index contributed by atoms with van der Waals surface area (Å²) in [6.07, 6.45) is 3.77. The summed E-state index contributed by atoms with van der Waals surface area (Å²) in [5.41, 5.74) is 2.19. The van der Waals surface area contributed by atoms with Crippen LogP contribution in [0.3, 0.4) is 0 Å². The number of furan rings is 1. The number of imidazole rings is 1. The molecule has 0 saturated carbocycles. The molecule has 104 valence electrons. The van der Waals surface area contributed by atoms with Crippen molar-refractivity contribution < 1.29 is 4.42 Å². The minimum absolute atomic E-state index is 0.752. The van der Waals surface area contributed by atoms with Gasteiger partial charge < -0.3 is 4.42 Å². The van der Waals surface area contributed by atoms with Gasteiger partial charge in [-0.15, -0.1) is 0 Å². The molecule has 3 heterocycles. The van der Waals surface area contributed by atoms with Crippen LogP contribution in [0.2, 0.25) is 0 Å². The van der Waals surface area contributed by atoms with Gasteiger partial charge in [-0.3, -0.25) is 9.30 Å². The summed E-state index contributed by atoms with van der Waals surface area (Å²) in [4.78, 5) is 11.0. The van der Waals surface area contributed by atoms with Gasteiger partial charge in [-0.1, -0.05) is 0 Å². The van der Waals surface area contributed by atoms with Crippen LogP contribution in [-0.4, -0.2) is 26.3 Å². The van der Waals surface area contributed by atoms with Crippen LogP contribution >= 0.6 is 0 Å². The Bertz CT molecular complexity index is 728. The minimum Gasteiger partial charge on any atom is -0.465 e. The second-order valence-corrected chi connectivity index (χ2v) is 5.12. The number of fused-ring (bicyclic) bond motifs is 1. The van der Waals surface area contributed by atoms with Gasteiger partial charge in [0.1, 0.15) is 11.5 Å². The molecule has 5 heteroatoms. The number of rotatable bonds is 4. The highest BCUT2D eigenvalue weighted by atomic mass is 16.3. The van der Waals surface area contributed by atoms with Gasteiger partial charge in [-0.2, -0.15) is 0 Å². The summed E-state index contributed by atoms with van der Waals surface area (Å²) in [5.74, 6) is 2.68. The van der Waals surface area contributed by atoms with E-state index in [9.17, 15) is 0 Å². The van der Waals surface area contributed by atoms with E-state index in [4.69, 9.17) is 4.42 Å². The second-order valence-electron chi connectivity index (χ2n) is 5.12. The molecule has 0 aromatic carbocycles. The average Bonchev–Trinajstić information content (AvgIpc) is 2.94. The van der Waals surface area contributed by atoms with Crippen molar-refractivity contribution in [3.8, 4) is 0 Å². The monoisotopic (exact) mass is 270 g/mol. The van der Waals surface area contributed by atoms with Crippen LogP contribution in [0.4, 0.5) is 0 Å². The van der Waals surface area contributed by atoms with Gasteiger partial charge in [0, 0.05) is 18.9 Å². The molecule has 0 unspecified atom stereocenters. The SMILES string of the molecule is Cc1ccc(CN(C)Cc2c(C)nc3ncccn23)o1. The van der Waals surface area contributed by atoms with Crippen LogP contribution < -0.4 is 0 Å². The number of hydrogen-bond donors (Lipinski definition) is 0. The first-order valence-corrected chi connectivity index (χ1v) is 6.66. The Morgan fingerprint density at radius 2 is 2.10 bits per heavy atom. The van der Waals surface area contributed by atoms with Gasteiger partial charge in [0.15, 0.2) is 0 Å². The predicted molar refractivity (Wildman–Crippen MR) is 76.3 cm³/mol. The van der Waals surface area contributed by atoms with E-state index in [1.54, 1.807) is 6.20 Å². The van der Waals surface area contributed by atoms with Crippen LogP contribution in [0.25, 0.3) is 5.78 Å². The Morgan fingerprint density at radius 3 is 2.85 bits per heavy atom. The third-order valence-electron chi connectivity index (χ3n) is 3.34. The van der Waals surface area contributed by atoms with Crippen LogP contribution in [0.15, 0.2) is 35.0 Å². The summed E-state index contributed by atoms with van der Waals surface area (Å²) >= 11 is 0. The maximum Gasteiger partial charge on any atom is 0.234 e. The fraction of sp³-hybridized carbons (Fsp3) is 0.333. The Hall–Kier alpha value is -2.14. The highest BCUT2D eigenvalue weighted by molar-refractivity contribution is 5.34. The molecule has 3 rings (SSSR count). The molecule has 0 radical (unpaired) electrons. The zero-order valence-electron chi connectivity index (χ0n) is 12.0. The van der Waals surface area contributed by atoms with Crippen molar-refractivity contribution in [2.45, 2.75) is 26.9 Å². The van der Waals surface area contributed by atoms with Gasteiger partial charge in [0.25, 0.3) is 0 Å². The summed E-state index contributed by atoms with van der Waals surface area (Å²) in [6.45, 7) is 5.57. The quantitative estimate of drug-likeness (QED) is 0.731. The highest BCUT2D eigenvalue weighted by Crippen LogP contribution is 2.14. The van der Waals surface area contributed by atoms with Crippen LogP contribution in [0.5, 0.6) is 0 Å². The summed E-state index contributed by atoms with van der Waals surface area (Å²) in [5, 5.41) is 0. The summed E-state index contributed by atoms with van der Waals surface area (Å²) in [6, 6.07) is 5.94. The summed E-state index contributed by atoms with van der Waals surface area (Å²) < 4.78 is 7.66. The first-order valence-electron chi connectivity index (χ1n) is 6.66. The van der Waals surface area contributed by atoms with Crippen molar-refractivity contribution in [1.82, 2.24) is 19.3 Å². The molecule has 0 fully saturated rings. The maximum atomic E-state index is 5.61. The average molecular weight is 270 g/mol. The van der Waals surface area contributed by atoms with Crippen molar-refractivity contribution in [1.29, 1.82) is 0 Å². The van der Waals surface area contributed by atoms with Gasteiger partial charge in [-0.25, -0.2) is 9.97 Å². The molecule has 0 aliphatic carbocycles. The van der Waals surface area contributed by atoms with E-state index in [0.717, 1.165) is 36.1 Å². The zero-order chi connectivity index (χ0) is 14.1. The van der Waals surface area contributed by atoms with Crippen LogP contribution in [0, 0.1) is 13.8 Å². The molecule has 20 heavy (non-hydrogen) atoms. The third kappa shape index (κ3) is 2.44. The van der Waals surface area contributed by atoms with E-state index < -0.39 is 0 Å². The van der Waals surface area contributed by atoms with Crippen molar-refractivity contribution >= 4 is 5.78 Å². The molecule has 0 saturated heterocycles. The smallest absolute Gasteiger partial charge is 0.234 e. The normalized spacial score (nSPS) is 11.6. The van der Waals surface area contributed by atoms with Crippen LogP contribution in [0.1, 0.15) is 22.9 Å². The van der Waals surface area contributed by atoms with Gasteiger partial charge in [0.2, 0.25) is 5.78 Å². The van der Waals surface area contributed by atoms with E-state index in [0.29, 0.717) is 0 Å². The minimum atomic E-state index is 0.752. The van der Waals surface area contributed by atoms with Gasteiger partial charge in [0.05, 0.1) is 17.9 Å². The van der Waals surface area contributed by atoms with Crippen molar-refractivity contribution in [3.63, 3.8) is 0 Å². The maximum absolute atomic E-state index is 5.61.